The molecular formula is C13H13F2N3O2S. The lowest BCUT2D eigenvalue weighted by Crippen LogP contribution is -2.15. The largest absolute Gasteiger partial charge is 0.361 e. The number of hydrogen-bond acceptors (Lipinski definition) is 5. The van der Waals surface area contributed by atoms with Crippen LogP contribution in [0.15, 0.2) is 16.8 Å². The number of nitrogens with one attached hydrogen (secondary N) is 1. The van der Waals surface area contributed by atoms with Crippen molar-refractivity contribution in [3.05, 3.63) is 41.0 Å². The number of thioether (sulfide) groups is 1. The standard InChI is InChI=1S/C13H13F2N3O2S/c1-7-9(8(2)20-18-7)5-21-6-13(19)17-11-3-12(15)16-4-10(11)14/h3-4H,5-6H2,1-2H3,(H,16,17,19). The number of aromatic nitrogens is 2. The van der Waals surface area contributed by atoms with Gasteiger partial charge in [0.05, 0.1) is 23.3 Å². The van der Waals surface area contributed by atoms with E-state index in [-0.39, 0.29) is 11.4 Å². The predicted octanol–water partition coefficient (Wildman–Crippen LogP) is 2.84. The molecule has 1 N–H and O–H groups in total. The van der Waals surface area contributed by atoms with Crippen molar-refractivity contribution in [1.82, 2.24) is 10.1 Å². The maximum atomic E-state index is 13.3. The van der Waals surface area contributed by atoms with Crippen molar-refractivity contribution >= 4 is 23.4 Å². The second-order valence-corrected chi connectivity index (χ2v) is 5.32. The molecule has 0 radical (unpaired) electrons. The SMILES string of the molecule is Cc1noc(C)c1CSCC(=O)Nc1cc(F)ncc1F. The van der Waals surface area contributed by atoms with Gasteiger partial charge in [-0.2, -0.15) is 4.39 Å². The van der Waals surface area contributed by atoms with E-state index in [0.717, 1.165) is 23.5 Å². The van der Waals surface area contributed by atoms with Crippen LogP contribution in [0, 0.1) is 25.6 Å². The number of rotatable bonds is 5. The number of anilines is 1. The van der Waals surface area contributed by atoms with Crippen molar-refractivity contribution in [1.29, 1.82) is 0 Å². The third kappa shape index (κ3) is 4.01. The van der Waals surface area contributed by atoms with Gasteiger partial charge in [-0.15, -0.1) is 11.8 Å². The molecular weight excluding hydrogens is 300 g/mol. The molecule has 0 aliphatic carbocycles. The fourth-order valence-corrected chi connectivity index (χ4v) is 2.62. The lowest BCUT2D eigenvalue weighted by molar-refractivity contribution is -0.113. The first-order chi connectivity index (χ1) is 9.97. The normalized spacial score (nSPS) is 10.7. The van der Waals surface area contributed by atoms with Crippen LogP contribution >= 0.6 is 11.8 Å². The highest BCUT2D eigenvalue weighted by Crippen LogP contribution is 2.20. The molecule has 112 valence electrons. The number of aryl methyl sites for hydroxylation is 2. The molecule has 0 fully saturated rings. The van der Waals surface area contributed by atoms with Crippen LogP contribution < -0.4 is 5.32 Å². The summed E-state index contributed by atoms with van der Waals surface area (Å²) in [5.41, 5.74) is 1.50. The highest BCUT2D eigenvalue weighted by Gasteiger charge is 2.12. The van der Waals surface area contributed by atoms with Gasteiger partial charge >= 0.3 is 0 Å². The molecule has 0 aromatic carbocycles. The third-order valence-corrected chi connectivity index (χ3v) is 3.72. The lowest BCUT2D eigenvalue weighted by atomic mass is 10.2. The summed E-state index contributed by atoms with van der Waals surface area (Å²) in [6, 6.07) is 0.839. The molecule has 0 unspecified atom stereocenters. The maximum absolute atomic E-state index is 13.3. The van der Waals surface area contributed by atoms with Crippen LogP contribution in [0.2, 0.25) is 0 Å². The fraction of sp³-hybridized carbons (Fsp3) is 0.308. The van der Waals surface area contributed by atoms with Crippen molar-refractivity contribution < 1.29 is 18.1 Å². The highest BCUT2D eigenvalue weighted by atomic mass is 32.2. The number of nitrogens with zero attached hydrogens (tertiary/aromatic N) is 2. The first-order valence-corrected chi connectivity index (χ1v) is 7.23. The van der Waals surface area contributed by atoms with E-state index >= 15 is 0 Å². The van der Waals surface area contributed by atoms with Gasteiger partial charge in [0.1, 0.15) is 5.76 Å². The Morgan fingerprint density at radius 1 is 1.43 bits per heavy atom. The molecule has 0 aliphatic rings. The molecule has 1 amide bonds. The van der Waals surface area contributed by atoms with E-state index in [1.165, 1.54) is 11.8 Å². The highest BCUT2D eigenvalue weighted by molar-refractivity contribution is 7.99. The van der Waals surface area contributed by atoms with Gasteiger partial charge < -0.3 is 9.84 Å². The Bertz CT molecular complexity index is 641. The molecule has 0 saturated carbocycles. The zero-order chi connectivity index (χ0) is 15.4. The van der Waals surface area contributed by atoms with E-state index in [4.69, 9.17) is 4.52 Å². The maximum Gasteiger partial charge on any atom is 0.234 e. The number of amides is 1. The van der Waals surface area contributed by atoms with Crippen molar-refractivity contribution in [3.63, 3.8) is 0 Å². The van der Waals surface area contributed by atoms with Crippen LogP contribution in [-0.2, 0) is 10.5 Å². The minimum atomic E-state index is -0.852. The minimum absolute atomic E-state index is 0.105. The minimum Gasteiger partial charge on any atom is -0.361 e. The molecule has 0 spiro atoms. The smallest absolute Gasteiger partial charge is 0.234 e. The molecule has 0 bridgehead atoms. The lowest BCUT2D eigenvalue weighted by Gasteiger charge is -2.06. The number of halogens is 2. The molecule has 2 aromatic rings. The summed E-state index contributed by atoms with van der Waals surface area (Å²) >= 11 is 1.33. The third-order valence-electron chi connectivity index (χ3n) is 2.76. The predicted molar refractivity (Wildman–Crippen MR) is 74.9 cm³/mol. The number of hydrogen-bond donors (Lipinski definition) is 1. The topological polar surface area (TPSA) is 68.0 Å². The van der Waals surface area contributed by atoms with E-state index < -0.39 is 17.7 Å². The second kappa shape index (κ2) is 6.66. The van der Waals surface area contributed by atoms with Gasteiger partial charge in [0.25, 0.3) is 0 Å². The van der Waals surface area contributed by atoms with E-state index in [1.807, 2.05) is 6.92 Å². The average molecular weight is 313 g/mol. The van der Waals surface area contributed by atoms with Crippen LogP contribution in [-0.4, -0.2) is 21.8 Å². The first-order valence-electron chi connectivity index (χ1n) is 6.07. The van der Waals surface area contributed by atoms with Crippen molar-refractivity contribution in [2.75, 3.05) is 11.1 Å². The Morgan fingerprint density at radius 3 is 2.86 bits per heavy atom. The summed E-state index contributed by atoms with van der Waals surface area (Å²) in [5, 5.41) is 6.12. The van der Waals surface area contributed by atoms with Crippen LogP contribution in [0.4, 0.5) is 14.5 Å². The molecule has 0 atom stereocenters. The quantitative estimate of drug-likeness (QED) is 0.860. The van der Waals surface area contributed by atoms with Crippen LogP contribution in [0.25, 0.3) is 0 Å². The number of pyridine rings is 1. The Balaban J connectivity index is 1.87. The molecule has 21 heavy (non-hydrogen) atoms. The summed E-state index contributed by atoms with van der Waals surface area (Å²) < 4.78 is 31.2. The van der Waals surface area contributed by atoms with Gasteiger partial charge in [0.15, 0.2) is 5.82 Å². The van der Waals surface area contributed by atoms with Gasteiger partial charge in [-0.25, -0.2) is 9.37 Å². The van der Waals surface area contributed by atoms with Crippen LogP contribution in [0.3, 0.4) is 0 Å². The monoisotopic (exact) mass is 313 g/mol. The molecule has 0 aliphatic heterocycles. The zero-order valence-corrected chi connectivity index (χ0v) is 12.3. The Hall–Kier alpha value is -1.96. The van der Waals surface area contributed by atoms with Gasteiger partial charge in [-0.1, -0.05) is 5.16 Å². The number of carbonyl (C=O) groups excluding carboxylic acids is 1. The Labute approximate surface area is 124 Å². The van der Waals surface area contributed by atoms with Crippen molar-refractivity contribution in [2.45, 2.75) is 19.6 Å². The van der Waals surface area contributed by atoms with Crippen LogP contribution in [0.1, 0.15) is 17.0 Å². The van der Waals surface area contributed by atoms with Gasteiger partial charge in [-0.05, 0) is 13.8 Å². The Kier molecular flexibility index (Phi) is 4.89. The molecule has 0 saturated heterocycles. The zero-order valence-electron chi connectivity index (χ0n) is 11.4. The summed E-state index contributed by atoms with van der Waals surface area (Å²) in [4.78, 5) is 14.8. The van der Waals surface area contributed by atoms with Gasteiger partial charge in [0.2, 0.25) is 11.9 Å². The van der Waals surface area contributed by atoms with E-state index in [1.54, 1.807) is 6.92 Å². The molecule has 5 nitrogen and oxygen atoms in total. The summed E-state index contributed by atoms with van der Waals surface area (Å²) in [5.74, 6) is -0.677. The van der Waals surface area contributed by atoms with Crippen molar-refractivity contribution in [3.8, 4) is 0 Å². The molecule has 2 heterocycles. The van der Waals surface area contributed by atoms with E-state index in [0.29, 0.717) is 11.5 Å². The fourth-order valence-electron chi connectivity index (χ4n) is 1.65. The summed E-state index contributed by atoms with van der Waals surface area (Å²) in [6.45, 7) is 3.62. The second-order valence-electron chi connectivity index (χ2n) is 4.33. The average Bonchev–Trinajstić information content (AvgIpc) is 2.74. The first kappa shape index (κ1) is 15.4. The summed E-state index contributed by atoms with van der Waals surface area (Å²) in [7, 11) is 0. The number of carbonyl (C=O) groups is 1. The van der Waals surface area contributed by atoms with Gasteiger partial charge in [-0.3, -0.25) is 4.79 Å². The Morgan fingerprint density at radius 2 is 2.19 bits per heavy atom. The van der Waals surface area contributed by atoms with E-state index in [9.17, 15) is 13.6 Å². The summed E-state index contributed by atoms with van der Waals surface area (Å²) in [6.07, 6.45) is 0.724. The molecule has 2 rings (SSSR count). The van der Waals surface area contributed by atoms with Crippen LogP contribution in [0.5, 0.6) is 0 Å². The van der Waals surface area contributed by atoms with Gasteiger partial charge in [0, 0.05) is 17.4 Å². The molecule has 2 aromatic heterocycles. The van der Waals surface area contributed by atoms with Crippen molar-refractivity contribution in [2.24, 2.45) is 0 Å². The van der Waals surface area contributed by atoms with E-state index in [2.05, 4.69) is 15.5 Å². The molecule has 8 heteroatoms.